The highest BCUT2D eigenvalue weighted by atomic mass is 32.2. The first kappa shape index (κ1) is 20.2. The van der Waals surface area contributed by atoms with Crippen molar-refractivity contribution < 1.29 is 14.3 Å². The highest BCUT2D eigenvalue weighted by Crippen LogP contribution is 2.33. The summed E-state index contributed by atoms with van der Waals surface area (Å²) in [6.45, 7) is 4.39. The maximum absolute atomic E-state index is 12.8. The lowest BCUT2D eigenvalue weighted by atomic mass is 10.2. The topological polar surface area (TPSA) is 88.7 Å². The van der Waals surface area contributed by atoms with Crippen molar-refractivity contribution in [3.8, 4) is 17.6 Å². The summed E-state index contributed by atoms with van der Waals surface area (Å²) >= 11 is 1.45. The second kappa shape index (κ2) is 8.09. The molecule has 0 aliphatic carbocycles. The minimum absolute atomic E-state index is 0.0766. The van der Waals surface area contributed by atoms with E-state index in [4.69, 9.17) is 9.47 Å². The lowest BCUT2D eigenvalue weighted by molar-refractivity contribution is -0.120. The van der Waals surface area contributed by atoms with E-state index in [9.17, 15) is 10.1 Å². The van der Waals surface area contributed by atoms with Crippen molar-refractivity contribution in [1.82, 2.24) is 14.7 Å². The van der Waals surface area contributed by atoms with Crippen molar-refractivity contribution in [1.29, 1.82) is 5.26 Å². The Kier molecular flexibility index (Phi) is 5.11. The van der Waals surface area contributed by atoms with E-state index in [1.165, 1.54) is 11.8 Å². The Morgan fingerprint density at radius 1 is 1.25 bits per heavy atom. The SMILES string of the molecule is Cc1cc(SC(C)C(=O)NCc2ccc3c(c2)OCO3)n2c(nc3ccccc32)c1C#N. The van der Waals surface area contributed by atoms with E-state index in [0.717, 1.165) is 32.9 Å². The molecule has 1 aliphatic heterocycles. The Morgan fingerprint density at radius 2 is 2.06 bits per heavy atom. The van der Waals surface area contributed by atoms with Crippen LogP contribution in [-0.2, 0) is 11.3 Å². The second-order valence-corrected chi connectivity index (χ2v) is 8.94. The van der Waals surface area contributed by atoms with Gasteiger partial charge in [0, 0.05) is 6.54 Å². The monoisotopic (exact) mass is 444 g/mol. The van der Waals surface area contributed by atoms with Crippen LogP contribution in [0.2, 0.25) is 0 Å². The molecule has 2 aromatic carbocycles. The summed E-state index contributed by atoms with van der Waals surface area (Å²) < 4.78 is 12.7. The number of nitrogens with one attached hydrogen (secondary N) is 1. The van der Waals surface area contributed by atoms with E-state index < -0.39 is 0 Å². The first-order valence-electron chi connectivity index (χ1n) is 10.2. The van der Waals surface area contributed by atoms with Gasteiger partial charge in [0.25, 0.3) is 0 Å². The zero-order chi connectivity index (χ0) is 22.2. The molecule has 0 bridgehead atoms. The number of ether oxygens (including phenoxy) is 2. The number of nitriles is 1. The number of fused-ring (bicyclic) bond motifs is 4. The van der Waals surface area contributed by atoms with Gasteiger partial charge >= 0.3 is 0 Å². The van der Waals surface area contributed by atoms with Crippen LogP contribution in [0.25, 0.3) is 16.7 Å². The number of amides is 1. The summed E-state index contributed by atoms with van der Waals surface area (Å²) in [5.74, 6) is 1.34. The number of pyridine rings is 1. The summed E-state index contributed by atoms with van der Waals surface area (Å²) in [6.07, 6.45) is 0. The second-order valence-electron chi connectivity index (χ2n) is 7.58. The minimum Gasteiger partial charge on any atom is -0.454 e. The van der Waals surface area contributed by atoms with Crippen LogP contribution in [0.15, 0.2) is 53.6 Å². The van der Waals surface area contributed by atoms with Crippen LogP contribution in [0, 0.1) is 18.3 Å². The number of thioether (sulfide) groups is 1. The molecule has 1 atom stereocenters. The molecular weight excluding hydrogens is 424 g/mol. The molecule has 0 radical (unpaired) electrons. The molecule has 5 rings (SSSR count). The van der Waals surface area contributed by atoms with Crippen LogP contribution < -0.4 is 14.8 Å². The van der Waals surface area contributed by atoms with Crippen molar-refractivity contribution in [2.75, 3.05) is 6.79 Å². The van der Waals surface area contributed by atoms with Crippen molar-refractivity contribution in [2.45, 2.75) is 30.7 Å². The Bertz CT molecular complexity index is 1410. The number of aryl methyl sites for hydroxylation is 1. The van der Waals surface area contributed by atoms with Crippen LogP contribution in [0.5, 0.6) is 11.5 Å². The Balaban J connectivity index is 1.39. The summed E-state index contributed by atoms with van der Waals surface area (Å²) in [5.41, 5.74) is 4.67. The number of rotatable bonds is 5. The van der Waals surface area contributed by atoms with Gasteiger partial charge in [0.1, 0.15) is 6.07 Å². The fourth-order valence-corrected chi connectivity index (χ4v) is 4.85. The minimum atomic E-state index is -0.347. The number of hydrogen-bond donors (Lipinski definition) is 1. The number of carbonyl (C=O) groups is 1. The predicted octanol–water partition coefficient (Wildman–Crippen LogP) is 4.19. The number of carbonyl (C=O) groups excluding carboxylic acids is 1. The normalized spacial score (nSPS) is 13.3. The number of para-hydroxylation sites is 2. The maximum atomic E-state index is 12.8. The van der Waals surface area contributed by atoms with Gasteiger partial charge in [0.15, 0.2) is 17.1 Å². The summed E-state index contributed by atoms with van der Waals surface area (Å²) in [4.78, 5) is 17.5. The van der Waals surface area contributed by atoms with Crippen LogP contribution in [0.4, 0.5) is 0 Å². The molecule has 1 aliphatic rings. The van der Waals surface area contributed by atoms with Gasteiger partial charge in [-0.3, -0.25) is 9.20 Å². The third-order valence-electron chi connectivity index (χ3n) is 5.42. The molecular formula is C24H20N4O3S. The van der Waals surface area contributed by atoms with Gasteiger partial charge in [-0.05, 0) is 55.3 Å². The molecule has 1 unspecified atom stereocenters. The van der Waals surface area contributed by atoms with Gasteiger partial charge in [-0.1, -0.05) is 30.0 Å². The Labute approximate surface area is 189 Å². The fraction of sp³-hybridized carbons (Fsp3) is 0.208. The fourth-order valence-electron chi connectivity index (χ4n) is 3.76. The van der Waals surface area contributed by atoms with Gasteiger partial charge in [-0.2, -0.15) is 5.26 Å². The van der Waals surface area contributed by atoms with Gasteiger partial charge < -0.3 is 14.8 Å². The third-order valence-corrected chi connectivity index (χ3v) is 6.53. The van der Waals surface area contributed by atoms with Crippen LogP contribution in [0.1, 0.15) is 23.6 Å². The highest BCUT2D eigenvalue weighted by Gasteiger charge is 2.20. The van der Waals surface area contributed by atoms with Gasteiger partial charge in [0.2, 0.25) is 12.7 Å². The number of nitrogens with zero attached hydrogens (tertiary/aromatic N) is 3. The molecule has 32 heavy (non-hydrogen) atoms. The van der Waals surface area contributed by atoms with Gasteiger partial charge in [-0.25, -0.2) is 4.98 Å². The Hall–Kier alpha value is -3.70. The van der Waals surface area contributed by atoms with Crippen molar-refractivity contribution >= 4 is 34.3 Å². The lowest BCUT2D eigenvalue weighted by Gasteiger charge is -2.15. The number of hydrogen-bond acceptors (Lipinski definition) is 6. The number of imidazole rings is 1. The van der Waals surface area contributed by atoms with Gasteiger partial charge in [-0.15, -0.1) is 0 Å². The van der Waals surface area contributed by atoms with E-state index in [2.05, 4.69) is 16.4 Å². The first-order valence-corrected chi connectivity index (χ1v) is 11.1. The molecule has 2 aromatic heterocycles. The van der Waals surface area contributed by atoms with E-state index in [0.29, 0.717) is 23.5 Å². The summed E-state index contributed by atoms with van der Waals surface area (Å²) in [5, 5.41) is 13.2. The zero-order valence-electron chi connectivity index (χ0n) is 17.6. The lowest BCUT2D eigenvalue weighted by Crippen LogP contribution is -2.30. The predicted molar refractivity (Wildman–Crippen MR) is 122 cm³/mol. The molecule has 0 saturated carbocycles. The third kappa shape index (κ3) is 3.51. The van der Waals surface area contributed by atoms with Crippen molar-refractivity contribution in [3.63, 3.8) is 0 Å². The first-order chi connectivity index (χ1) is 15.5. The molecule has 0 spiro atoms. The smallest absolute Gasteiger partial charge is 0.233 e. The molecule has 1 N–H and O–H groups in total. The zero-order valence-corrected chi connectivity index (χ0v) is 18.4. The average Bonchev–Trinajstić information content (AvgIpc) is 3.41. The van der Waals surface area contributed by atoms with E-state index in [1.807, 2.05) is 66.8 Å². The quantitative estimate of drug-likeness (QED) is 0.464. The standard InChI is InChI=1S/C24H20N4O3S/c1-14-9-22(28-19-6-4-3-5-18(19)27-23(28)17(14)11-25)32-15(2)24(29)26-12-16-7-8-20-21(10-16)31-13-30-20/h3-10,15H,12-13H2,1-2H3,(H,26,29). The molecule has 0 fully saturated rings. The largest absolute Gasteiger partial charge is 0.454 e. The van der Waals surface area contributed by atoms with Crippen LogP contribution >= 0.6 is 11.8 Å². The molecule has 160 valence electrons. The molecule has 3 heterocycles. The van der Waals surface area contributed by atoms with Crippen molar-refractivity contribution in [3.05, 3.63) is 65.2 Å². The molecule has 8 heteroatoms. The Morgan fingerprint density at radius 3 is 2.91 bits per heavy atom. The summed E-state index contributed by atoms with van der Waals surface area (Å²) in [7, 11) is 0. The molecule has 0 saturated heterocycles. The van der Waals surface area contributed by atoms with E-state index >= 15 is 0 Å². The highest BCUT2D eigenvalue weighted by molar-refractivity contribution is 8.00. The molecule has 4 aromatic rings. The average molecular weight is 445 g/mol. The number of benzene rings is 2. The van der Waals surface area contributed by atoms with Crippen LogP contribution in [0.3, 0.4) is 0 Å². The molecule has 7 nitrogen and oxygen atoms in total. The number of aromatic nitrogens is 2. The maximum Gasteiger partial charge on any atom is 0.233 e. The van der Waals surface area contributed by atoms with E-state index in [1.54, 1.807) is 0 Å². The summed E-state index contributed by atoms with van der Waals surface area (Å²) in [6, 6.07) is 17.6. The molecule has 1 amide bonds. The van der Waals surface area contributed by atoms with Crippen LogP contribution in [-0.4, -0.2) is 27.3 Å². The van der Waals surface area contributed by atoms with E-state index in [-0.39, 0.29) is 18.0 Å². The van der Waals surface area contributed by atoms with Gasteiger partial charge in [0.05, 0.1) is 26.9 Å². The van der Waals surface area contributed by atoms with Crippen molar-refractivity contribution in [2.24, 2.45) is 0 Å².